The average molecular weight is 220 g/mol. The second-order valence-corrected chi connectivity index (χ2v) is 3.44. The van der Waals surface area contributed by atoms with Crippen molar-refractivity contribution < 1.29 is 9.90 Å². The van der Waals surface area contributed by atoms with Crippen LogP contribution in [0.3, 0.4) is 0 Å². The second kappa shape index (κ2) is 4.18. The highest BCUT2D eigenvalue weighted by atomic mass is 16.4. The van der Waals surface area contributed by atoms with Gasteiger partial charge in [0.1, 0.15) is 0 Å². The van der Waals surface area contributed by atoms with E-state index in [0.717, 1.165) is 12.1 Å². The van der Waals surface area contributed by atoms with Gasteiger partial charge >= 0.3 is 5.97 Å². The summed E-state index contributed by atoms with van der Waals surface area (Å²) < 4.78 is 3.40. The van der Waals surface area contributed by atoms with E-state index in [-0.39, 0.29) is 5.56 Å². The first-order valence-corrected chi connectivity index (χ1v) is 4.96. The zero-order valence-electron chi connectivity index (χ0n) is 8.87. The first kappa shape index (κ1) is 10.4. The molecule has 2 rings (SSSR count). The molecule has 0 saturated heterocycles. The van der Waals surface area contributed by atoms with E-state index in [0.29, 0.717) is 6.54 Å². The van der Waals surface area contributed by atoms with Gasteiger partial charge in [0.05, 0.1) is 24.5 Å². The van der Waals surface area contributed by atoms with E-state index in [9.17, 15) is 4.79 Å². The summed E-state index contributed by atoms with van der Waals surface area (Å²) in [5.41, 5.74) is 1.20. The lowest BCUT2D eigenvalue weighted by atomic mass is 10.3. The maximum atomic E-state index is 10.6. The highest BCUT2D eigenvalue weighted by molar-refractivity contribution is 5.86. The summed E-state index contributed by atoms with van der Waals surface area (Å²) in [5.74, 6) is -0.962. The van der Waals surface area contributed by atoms with E-state index in [4.69, 9.17) is 5.11 Å². The van der Waals surface area contributed by atoms with Crippen LogP contribution in [0, 0.1) is 0 Å². The normalized spacial score (nSPS) is 10.6. The number of carbonyl (C=O) groups is 1. The third kappa shape index (κ3) is 2.10. The second-order valence-electron chi connectivity index (χ2n) is 3.44. The van der Waals surface area contributed by atoms with Gasteiger partial charge in [0.25, 0.3) is 0 Å². The SMILES string of the molecule is CCn1cc(Cn2cc(C(=O)O)cn2)cn1. The quantitative estimate of drug-likeness (QED) is 0.828. The number of carboxylic acid groups (broad SMARTS) is 1. The minimum atomic E-state index is -0.962. The number of aromatic nitrogens is 4. The molecule has 2 aromatic rings. The Morgan fingerprint density at radius 2 is 2.06 bits per heavy atom. The van der Waals surface area contributed by atoms with Gasteiger partial charge in [0, 0.05) is 24.5 Å². The summed E-state index contributed by atoms with van der Waals surface area (Å²) in [7, 11) is 0. The van der Waals surface area contributed by atoms with Gasteiger partial charge in [0.2, 0.25) is 0 Å². The fourth-order valence-electron chi connectivity index (χ4n) is 1.41. The van der Waals surface area contributed by atoms with E-state index in [1.54, 1.807) is 10.9 Å². The average Bonchev–Trinajstić information content (AvgIpc) is 2.87. The molecule has 84 valence electrons. The Labute approximate surface area is 92.1 Å². The molecule has 0 aliphatic heterocycles. The fraction of sp³-hybridized carbons (Fsp3) is 0.300. The van der Waals surface area contributed by atoms with Crippen LogP contribution in [-0.2, 0) is 13.1 Å². The predicted molar refractivity (Wildman–Crippen MR) is 56.2 cm³/mol. The van der Waals surface area contributed by atoms with Crippen molar-refractivity contribution in [3.05, 3.63) is 35.9 Å². The van der Waals surface area contributed by atoms with Crippen LogP contribution in [0.2, 0.25) is 0 Å². The van der Waals surface area contributed by atoms with Gasteiger partial charge in [-0.15, -0.1) is 0 Å². The van der Waals surface area contributed by atoms with Gasteiger partial charge in [-0.1, -0.05) is 0 Å². The molecule has 0 atom stereocenters. The van der Waals surface area contributed by atoms with Crippen molar-refractivity contribution in [1.29, 1.82) is 0 Å². The molecule has 2 heterocycles. The highest BCUT2D eigenvalue weighted by Gasteiger charge is 2.06. The third-order valence-corrected chi connectivity index (χ3v) is 2.24. The molecule has 0 bridgehead atoms. The Bertz CT molecular complexity index is 500. The molecule has 0 aliphatic rings. The van der Waals surface area contributed by atoms with Crippen molar-refractivity contribution in [2.24, 2.45) is 0 Å². The lowest BCUT2D eigenvalue weighted by Crippen LogP contribution is -1.99. The maximum absolute atomic E-state index is 10.6. The predicted octanol–water partition coefficient (Wildman–Crippen LogP) is 0.846. The summed E-state index contributed by atoms with van der Waals surface area (Å²) in [6.07, 6.45) is 6.52. The minimum Gasteiger partial charge on any atom is -0.478 e. The Morgan fingerprint density at radius 3 is 2.62 bits per heavy atom. The fourth-order valence-corrected chi connectivity index (χ4v) is 1.41. The largest absolute Gasteiger partial charge is 0.478 e. The molecule has 0 saturated carbocycles. The van der Waals surface area contributed by atoms with E-state index in [1.807, 2.05) is 17.8 Å². The van der Waals surface area contributed by atoms with Crippen LogP contribution in [0.25, 0.3) is 0 Å². The van der Waals surface area contributed by atoms with Crippen LogP contribution in [0.1, 0.15) is 22.8 Å². The van der Waals surface area contributed by atoms with Crippen molar-refractivity contribution >= 4 is 5.97 Å². The van der Waals surface area contributed by atoms with Crippen molar-refractivity contribution in [3.8, 4) is 0 Å². The standard InChI is InChI=1S/C10H12N4O2/c1-2-13-5-8(3-11-13)6-14-7-9(4-12-14)10(15)16/h3-5,7H,2,6H2,1H3,(H,15,16). The summed E-state index contributed by atoms with van der Waals surface area (Å²) in [4.78, 5) is 10.6. The molecule has 0 aliphatic carbocycles. The van der Waals surface area contributed by atoms with Crippen molar-refractivity contribution in [1.82, 2.24) is 19.6 Å². The number of aromatic carboxylic acids is 1. The van der Waals surface area contributed by atoms with Gasteiger partial charge in [-0.3, -0.25) is 9.36 Å². The zero-order valence-corrected chi connectivity index (χ0v) is 8.87. The van der Waals surface area contributed by atoms with E-state index >= 15 is 0 Å². The molecule has 0 spiro atoms. The van der Waals surface area contributed by atoms with Crippen molar-refractivity contribution in [3.63, 3.8) is 0 Å². The van der Waals surface area contributed by atoms with E-state index in [1.165, 1.54) is 12.4 Å². The Kier molecular flexibility index (Phi) is 2.72. The van der Waals surface area contributed by atoms with E-state index < -0.39 is 5.97 Å². The molecule has 0 amide bonds. The molecule has 16 heavy (non-hydrogen) atoms. The number of hydrogen-bond donors (Lipinski definition) is 1. The van der Waals surface area contributed by atoms with Crippen LogP contribution >= 0.6 is 0 Å². The lowest BCUT2D eigenvalue weighted by molar-refractivity contribution is 0.0697. The molecule has 0 unspecified atom stereocenters. The lowest BCUT2D eigenvalue weighted by Gasteiger charge is -1.96. The monoisotopic (exact) mass is 220 g/mol. The first-order chi connectivity index (χ1) is 7.69. The molecule has 1 N–H and O–H groups in total. The van der Waals surface area contributed by atoms with E-state index in [2.05, 4.69) is 10.2 Å². The number of carboxylic acids is 1. The summed E-state index contributed by atoms with van der Waals surface area (Å²) in [5, 5.41) is 16.8. The Balaban J connectivity index is 2.11. The van der Waals surface area contributed by atoms with Gasteiger partial charge in [0.15, 0.2) is 0 Å². The number of hydrogen-bond acceptors (Lipinski definition) is 3. The van der Waals surface area contributed by atoms with Crippen LogP contribution in [0.15, 0.2) is 24.8 Å². The summed E-state index contributed by atoms with van der Waals surface area (Å²) in [6.45, 7) is 3.36. The van der Waals surface area contributed by atoms with Crippen LogP contribution in [0.5, 0.6) is 0 Å². The van der Waals surface area contributed by atoms with Gasteiger partial charge in [-0.05, 0) is 6.92 Å². The summed E-state index contributed by atoms with van der Waals surface area (Å²) in [6, 6.07) is 0. The van der Waals surface area contributed by atoms with Crippen molar-refractivity contribution in [2.75, 3.05) is 0 Å². The van der Waals surface area contributed by atoms with Gasteiger partial charge in [-0.25, -0.2) is 4.79 Å². The number of nitrogens with zero attached hydrogens (tertiary/aromatic N) is 4. The van der Waals surface area contributed by atoms with Gasteiger partial charge in [-0.2, -0.15) is 10.2 Å². The van der Waals surface area contributed by atoms with Gasteiger partial charge < -0.3 is 5.11 Å². The van der Waals surface area contributed by atoms with Crippen LogP contribution < -0.4 is 0 Å². The van der Waals surface area contributed by atoms with Crippen molar-refractivity contribution in [2.45, 2.75) is 20.0 Å². The number of aryl methyl sites for hydroxylation is 1. The zero-order chi connectivity index (χ0) is 11.5. The molecule has 0 aromatic carbocycles. The Hall–Kier alpha value is -2.11. The van der Waals surface area contributed by atoms with Crippen LogP contribution in [0.4, 0.5) is 0 Å². The topological polar surface area (TPSA) is 72.9 Å². The maximum Gasteiger partial charge on any atom is 0.338 e. The third-order valence-electron chi connectivity index (χ3n) is 2.24. The smallest absolute Gasteiger partial charge is 0.338 e. The minimum absolute atomic E-state index is 0.197. The molecule has 6 heteroatoms. The summed E-state index contributed by atoms with van der Waals surface area (Å²) >= 11 is 0. The Morgan fingerprint density at radius 1 is 1.31 bits per heavy atom. The molecular formula is C10H12N4O2. The molecule has 0 fully saturated rings. The highest BCUT2D eigenvalue weighted by Crippen LogP contribution is 2.03. The molecule has 6 nitrogen and oxygen atoms in total. The number of rotatable bonds is 4. The molecule has 2 aromatic heterocycles. The molecule has 0 radical (unpaired) electrons. The van der Waals surface area contributed by atoms with Crippen LogP contribution in [-0.4, -0.2) is 30.6 Å². The first-order valence-electron chi connectivity index (χ1n) is 4.96. The molecular weight excluding hydrogens is 208 g/mol.